The molecular weight excluding hydrogens is 685 g/mol. The summed E-state index contributed by atoms with van der Waals surface area (Å²) < 4.78 is 16.7. The highest BCUT2D eigenvalue weighted by atomic mass is 16.6. The van der Waals surface area contributed by atoms with Crippen LogP contribution < -0.4 is 0 Å². The molecule has 326 valence electrons. The van der Waals surface area contributed by atoms with Crippen molar-refractivity contribution in [3.63, 3.8) is 0 Å². The summed E-state index contributed by atoms with van der Waals surface area (Å²) in [6.07, 6.45) is 46.7. The first-order chi connectivity index (χ1) is 27.0. The maximum Gasteiger partial charge on any atom is 0.306 e. The van der Waals surface area contributed by atoms with E-state index in [0.717, 1.165) is 57.8 Å². The van der Waals surface area contributed by atoms with Crippen molar-refractivity contribution in [2.24, 2.45) is 0 Å². The molecule has 0 saturated carbocycles. The van der Waals surface area contributed by atoms with E-state index >= 15 is 0 Å². The highest BCUT2D eigenvalue weighted by Gasteiger charge is 2.19. The molecule has 0 bridgehead atoms. The van der Waals surface area contributed by atoms with Gasteiger partial charge in [0.15, 0.2) is 6.10 Å². The van der Waals surface area contributed by atoms with E-state index in [1.54, 1.807) is 0 Å². The summed E-state index contributed by atoms with van der Waals surface area (Å²) in [6, 6.07) is 0. The highest BCUT2D eigenvalue weighted by Crippen LogP contribution is 2.16. The lowest BCUT2D eigenvalue weighted by molar-refractivity contribution is -0.167. The zero-order valence-corrected chi connectivity index (χ0v) is 37.2. The summed E-state index contributed by atoms with van der Waals surface area (Å²) in [5, 5.41) is 0. The van der Waals surface area contributed by atoms with Crippen LogP contribution in [0.3, 0.4) is 0 Å². The van der Waals surface area contributed by atoms with E-state index in [4.69, 9.17) is 14.2 Å². The van der Waals surface area contributed by atoms with E-state index in [2.05, 4.69) is 20.8 Å². The zero-order chi connectivity index (χ0) is 40.1. The molecule has 0 fully saturated rings. The molecule has 0 aliphatic rings. The molecule has 0 N–H and O–H groups in total. The van der Waals surface area contributed by atoms with Crippen molar-refractivity contribution < 1.29 is 28.6 Å². The lowest BCUT2D eigenvalue weighted by atomic mass is 10.0. The third kappa shape index (κ3) is 43.4. The van der Waals surface area contributed by atoms with Crippen LogP contribution in [0.25, 0.3) is 0 Å². The zero-order valence-electron chi connectivity index (χ0n) is 37.2. The summed E-state index contributed by atoms with van der Waals surface area (Å²) in [4.78, 5) is 37.6. The summed E-state index contributed by atoms with van der Waals surface area (Å²) >= 11 is 0. The van der Waals surface area contributed by atoms with Gasteiger partial charge in [-0.15, -0.1) is 0 Å². The molecule has 6 nitrogen and oxygen atoms in total. The molecule has 0 amide bonds. The number of esters is 3. The first-order valence-electron chi connectivity index (χ1n) is 24.5. The Bertz CT molecular complexity index is 813. The third-order valence-corrected chi connectivity index (χ3v) is 11.1. The average Bonchev–Trinajstić information content (AvgIpc) is 3.18. The van der Waals surface area contributed by atoms with Gasteiger partial charge in [0.1, 0.15) is 13.2 Å². The van der Waals surface area contributed by atoms with Gasteiger partial charge < -0.3 is 14.2 Å². The van der Waals surface area contributed by atoms with Gasteiger partial charge in [0.25, 0.3) is 0 Å². The summed E-state index contributed by atoms with van der Waals surface area (Å²) in [5.41, 5.74) is 0. The van der Waals surface area contributed by atoms with Crippen LogP contribution in [0.2, 0.25) is 0 Å². The Hall–Kier alpha value is -1.59. The molecule has 6 heteroatoms. The molecule has 0 radical (unpaired) electrons. The number of ether oxygens (including phenoxy) is 3. The van der Waals surface area contributed by atoms with E-state index in [1.807, 2.05) is 0 Å². The Labute approximate surface area is 342 Å². The second-order valence-electron chi connectivity index (χ2n) is 16.7. The van der Waals surface area contributed by atoms with Crippen molar-refractivity contribution in [2.75, 3.05) is 13.2 Å². The fourth-order valence-electron chi connectivity index (χ4n) is 7.38. The fraction of sp³-hybridized carbons (Fsp3) is 0.939. The van der Waals surface area contributed by atoms with Gasteiger partial charge in [-0.1, -0.05) is 239 Å². The second kappa shape index (κ2) is 45.1. The SMILES string of the molecule is CCCCCCCCCCCCCCCCCCCCCC(=O)O[C@H](COC(=O)CCCCCCCCC)COC(=O)CCCCCCCCCCCCC. The van der Waals surface area contributed by atoms with Crippen LogP contribution in [0, 0.1) is 0 Å². The number of hydrogen-bond donors (Lipinski definition) is 0. The van der Waals surface area contributed by atoms with Gasteiger partial charge in [0.2, 0.25) is 0 Å². The Morgan fingerprint density at radius 3 is 0.727 bits per heavy atom. The number of carbonyl (C=O) groups excluding carboxylic acids is 3. The second-order valence-corrected chi connectivity index (χ2v) is 16.7. The minimum Gasteiger partial charge on any atom is -0.462 e. The molecule has 0 spiro atoms. The Morgan fingerprint density at radius 1 is 0.291 bits per heavy atom. The Morgan fingerprint density at radius 2 is 0.491 bits per heavy atom. The van der Waals surface area contributed by atoms with E-state index in [1.165, 1.54) is 180 Å². The lowest BCUT2D eigenvalue weighted by Crippen LogP contribution is -2.30. The van der Waals surface area contributed by atoms with Crippen molar-refractivity contribution in [3.8, 4) is 0 Å². The van der Waals surface area contributed by atoms with E-state index in [0.29, 0.717) is 19.3 Å². The van der Waals surface area contributed by atoms with Crippen LogP contribution in [-0.2, 0) is 28.6 Å². The largest absolute Gasteiger partial charge is 0.462 e. The minimum atomic E-state index is -0.757. The van der Waals surface area contributed by atoms with E-state index in [-0.39, 0.29) is 31.1 Å². The standard InChI is InChI=1S/C49H94O6/c1-4-7-10-13-16-18-20-21-22-23-24-25-26-27-29-31-34-37-40-43-49(52)55-46(44-53-47(50)41-38-35-32-15-12-9-6-3)45-54-48(51)42-39-36-33-30-28-19-17-14-11-8-5-2/h46H,4-45H2,1-3H3/t46-/m1/s1. The maximum absolute atomic E-state index is 12.7. The molecule has 0 heterocycles. The van der Waals surface area contributed by atoms with Gasteiger partial charge in [-0.05, 0) is 19.3 Å². The molecule has 0 saturated heterocycles. The number of hydrogen-bond acceptors (Lipinski definition) is 6. The molecular formula is C49H94O6. The predicted octanol–water partition coefficient (Wildman–Crippen LogP) is 15.6. The van der Waals surface area contributed by atoms with Crippen molar-refractivity contribution in [1.29, 1.82) is 0 Å². The van der Waals surface area contributed by atoms with Gasteiger partial charge >= 0.3 is 17.9 Å². The minimum absolute atomic E-state index is 0.0630. The van der Waals surface area contributed by atoms with Crippen LogP contribution in [0.4, 0.5) is 0 Å². The topological polar surface area (TPSA) is 78.9 Å². The predicted molar refractivity (Wildman–Crippen MR) is 233 cm³/mol. The van der Waals surface area contributed by atoms with Crippen molar-refractivity contribution in [2.45, 2.75) is 284 Å². The van der Waals surface area contributed by atoms with Gasteiger partial charge in [-0.2, -0.15) is 0 Å². The van der Waals surface area contributed by atoms with Crippen molar-refractivity contribution >= 4 is 17.9 Å². The molecule has 0 aromatic carbocycles. The maximum atomic E-state index is 12.7. The third-order valence-electron chi connectivity index (χ3n) is 11.1. The molecule has 0 aliphatic heterocycles. The van der Waals surface area contributed by atoms with Crippen LogP contribution in [0.1, 0.15) is 278 Å². The van der Waals surface area contributed by atoms with E-state index in [9.17, 15) is 14.4 Å². The van der Waals surface area contributed by atoms with Crippen LogP contribution in [0.5, 0.6) is 0 Å². The molecule has 0 unspecified atom stereocenters. The fourth-order valence-corrected chi connectivity index (χ4v) is 7.38. The lowest BCUT2D eigenvalue weighted by Gasteiger charge is -2.18. The Kier molecular flexibility index (Phi) is 43.8. The quantitative estimate of drug-likeness (QED) is 0.0348. The first-order valence-corrected chi connectivity index (χ1v) is 24.5. The Balaban J connectivity index is 4.17. The molecule has 0 aromatic heterocycles. The van der Waals surface area contributed by atoms with Crippen molar-refractivity contribution in [3.05, 3.63) is 0 Å². The smallest absolute Gasteiger partial charge is 0.306 e. The number of unbranched alkanes of at least 4 members (excludes halogenated alkanes) is 34. The van der Waals surface area contributed by atoms with Gasteiger partial charge in [0.05, 0.1) is 0 Å². The van der Waals surface area contributed by atoms with Crippen LogP contribution >= 0.6 is 0 Å². The summed E-state index contributed by atoms with van der Waals surface area (Å²) in [5.74, 6) is -0.854. The molecule has 0 rings (SSSR count). The highest BCUT2D eigenvalue weighted by molar-refractivity contribution is 5.71. The van der Waals surface area contributed by atoms with Crippen molar-refractivity contribution in [1.82, 2.24) is 0 Å². The van der Waals surface area contributed by atoms with Gasteiger partial charge in [-0.25, -0.2) is 0 Å². The average molecular weight is 779 g/mol. The normalized spacial score (nSPS) is 11.8. The molecule has 0 aromatic rings. The summed E-state index contributed by atoms with van der Waals surface area (Å²) in [7, 11) is 0. The summed E-state index contributed by atoms with van der Waals surface area (Å²) in [6.45, 7) is 6.62. The van der Waals surface area contributed by atoms with Crippen LogP contribution in [0.15, 0.2) is 0 Å². The number of rotatable bonds is 45. The first kappa shape index (κ1) is 53.4. The van der Waals surface area contributed by atoms with Crippen LogP contribution in [-0.4, -0.2) is 37.2 Å². The number of carbonyl (C=O) groups is 3. The molecule has 55 heavy (non-hydrogen) atoms. The van der Waals surface area contributed by atoms with E-state index < -0.39 is 6.10 Å². The van der Waals surface area contributed by atoms with Gasteiger partial charge in [-0.3, -0.25) is 14.4 Å². The van der Waals surface area contributed by atoms with Gasteiger partial charge in [0, 0.05) is 19.3 Å². The monoisotopic (exact) mass is 779 g/mol. The molecule has 0 aliphatic carbocycles. The molecule has 1 atom stereocenters.